The van der Waals surface area contributed by atoms with Crippen LogP contribution >= 0.6 is 11.6 Å². The number of pyridine rings is 1. The van der Waals surface area contributed by atoms with Gasteiger partial charge >= 0.3 is 0 Å². The van der Waals surface area contributed by atoms with Gasteiger partial charge in [0.25, 0.3) is 0 Å². The van der Waals surface area contributed by atoms with Crippen molar-refractivity contribution in [2.24, 2.45) is 0 Å². The minimum atomic E-state index is 0.737. The fourth-order valence-corrected chi connectivity index (χ4v) is 4.42. The van der Waals surface area contributed by atoms with E-state index >= 15 is 0 Å². The number of benzene rings is 1. The van der Waals surface area contributed by atoms with Gasteiger partial charge in [0, 0.05) is 37.6 Å². The van der Waals surface area contributed by atoms with E-state index in [-0.39, 0.29) is 0 Å². The fourth-order valence-electron chi connectivity index (χ4n) is 4.19. The highest BCUT2D eigenvalue weighted by molar-refractivity contribution is 6.35. The smallest absolute Gasteiger partial charge is 0.129 e. The molecule has 0 N–H and O–H groups in total. The van der Waals surface area contributed by atoms with Gasteiger partial charge in [-0.25, -0.2) is 4.98 Å². The van der Waals surface area contributed by atoms with E-state index in [1.54, 1.807) is 0 Å². The van der Waals surface area contributed by atoms with E-state index in [1.165, 1.54) is 32.5 Å². The third-order valence-corrected chi connectivity index (χ3v) is 6.12. The van der Waals surface area contributed by atoms with Crippen LogP contribution in [-0.4, -0.2) is 66.6 Å². The third kappa shape index (κ3) is 3.62. The Balaban J connectivity index is 1.40. The molecule has 0 unspecified atom stereocenters. The molecule has 0 bridgehead atoms. The number of hydrogen-bond acceptors (Lipinski definition) is 4. The number of rotatable bonds is 3. The molecule has 3 heterocycles. The summed E-state index contributed by atoms with van der Waals surface area (Å²) in [7, 11) is 0. The highest BCUT2D eigenvalue weighted by Crippen LogP contribution is 2.26. The van der Waals surface area contributed by atoms with Crippen molar-refractivity contribution in [1.82, 2.24) is 14.8 Å². The summed E-state index contributed by atoms with van der Waals surface area (Å²) in [6.45, 7) is 10.3. The van der Waals surface area contributed by atoms with Crippen LogP contribution in [0.25, 0.3) is 10.9 Å². The third-order valence-electron chi connectivity index (χ3n) is 5.82. The maximum Gasteiger partial charge on any atom is 0.129 e. The second kappa shape index (κ2) is 7.48. The van der Waals surface area contributed by atoms with Crippen LogP contribution in [0.1, 0.15) is 19.8 Å². The SMILES string of the molecule is CCN1CCC(N2CCN(c3ccc4cccc(Cl)c4n3)CC2)CC1. The van der Waals surface area contributed by atoms with Crippen molar-refractivity contribution in [2.75, 3.05) is 50.7 Å². The lowest BCUT2D eigenvalue weighted by Crippen LogP contribution is -2.53. The molecule has 0 spiro atoms. The summed E-state index contributed by atoms with van der Waals surface area (Å²) < 4.78 is 0. The van der Waals surface area contributed by atoms with Gasteiger partial charge < -0.3 is 9.80 Å². The zero-order valence-electron chi connectivity index (χ0n) is 15.0. The Labute approximate surface area is 155 Å². The summed E-state index contributed by atoms with van der Waals surface area (Å²) in [6.07, 6.45) is 2.63. The van der Waals surface area contributed by atoms with E-state index in [9.17, 15) is 0 Å². The molecular formula is C20H27ClN4. The largest absolute Gasteiger partial charge is 0.354 e. The Hall–Kier alpha value is -1.36. The van der Waals surface area contributed by atoms with Gasteiger partial charge in [-0.1, -0.05) is 30.7 Å². The topological polar surface area (TPSA) is 22.6 Å². The van der Waals surface area contributed by atoms with Crippen LogP contribution in [-0.2, 0) is 0 Å². The molecule has 25 heavy (non-hydrogen) atoms. The molecular weight excluding hydrogens is 332 g/mol. The van der Waals surface area contributed by atoms with E-state index in [1.807, 2.05) is 12.1 Å². The van der Waals surface area contributed by atoms with Crippen LogP contribution in [0.15, 0.2) is 30.3 Å². The predicted octanol–water partition coefficient (Wildman–Crippen LogP) is 3.49. The second-order valence-corrected chi connectivity index (χ2v) is 7.58. The number of likely N-dealkylation sites (tertiary alicyclic amines) is 1. The molecule has 2 fully saturated rings. The molecule has 0 amide bonds. The average Bonchev–Trinajstić information content (AvgIpc) is 2.68. The molecule has 2 aromatic rings. The lowest BCUT2D eigenvalue weighted by atomic mass is 10.0. The Morgan fingerprint density at radius 2 is 1.76 bits per heavy atom. The molecule has 0 saturated carbocycles. The molecule has 5 heteroatoms. The summed E-state index contributed by atoms with van der Waals surface area (Å²) in [5.41, 5.74) is 0.913. The van der Waals surface area contributed by atoms with Gasteiger partial charge in [-0.05, 0) is 50.7 Å². The number of anilines is 1. The Morgan fingerprint density at radius 1 is 1.00 bits per heavy atom. The van der Waals surface area contributed by atoms with Crippen molar-refractivity contribution in [3.05, 3.63) is 35.4 Å². The van der Waals surface area contributed by atoms with Crippen LogP contribution in [0.3, 0.4) is 0 Å². The van der Waals surface area contributed by atoms with E-state index in [4.69, 9.17) is 16.6 Å². The lowest BCUT2D eigenvalue weighted by molar-refractivity contribution is 0.106. The first-order chi connectivity index (χ1) is 12.2. The summed E-state index contributed by atoms with van der Waals surface area (Å²) >= 11 is 6.32. The van der Waals surface area contributed by atoms with Gasteiger partial charge in [-0.3, -0.25) is 4.90 Å². The number of fused-ring (bicyclic) bond motifs is 1. The van der Waals surface area contributed by atoms with Crippen LogP contribution in [0.4, 0.5) is 5.82 Å². The van der Waals surface area contributed by atoms with E-state index < -0.39 is 0 Å². The lowest BCUT2D eigenvalue weighted by Gasteiger charge is -2.43. The average molecular weight is 359 g/mol. The van der Waals surface area contributed by atoms with Crippen LogP contribution in [0, 0.1) is 0 Å². The molecule has 2 saturated heterocycles. The fraction of sp³-hybridized carbons (Fsp3) is 0.550. The highest BCUT2D eigenvalue weighted by Gasteiger charge is 2.27. The van der Waals surface area contributed by atoms with Crippen LogP contribution in [0.2, 0.25) is 5.02 Å². The molecule has 1 aromatic carbocycles. The van der Waals surface area contributed by atoms with Gasteiger partial charge in [0.2, 0.25) is 0 Å². The molecule has 4 nitrogen and oxygen atoms in total. The van der Waals surface area contributed by atoms with E-state index in [0.717, 1.165) is 54.0 Å². The molecule has 4 rings (SSSR count). The zero-order chi connectivity index (χ0) is 17.2. The maximum absolute atomic E-state index is 6.32. The number of piperazine rings is 1. The Kier molecular flexibility index (Phi) is 5.11. The normalized spacial score (nSPS) is 21.1. The van der Waals surface area contributed by atoms with E-state index in [0.29, 0.717) is 0 Å². The quantitative estimate of drug-likeness (QED) is 0.837. The molecule has 1 aromatic heterocycles. The van der Waals surface area contributed by atoms with Gasteiger partial charge in [-0.2, -0.15) is 0 Å². The zero-order valence-corrected chi connectivity index (χ0v) is 15.8. The molecule has 0 atom stereocenters. The van der Waals surface area contributed by atoms with Crippen LogP contribution in [0.5, 0.6) is 0 Å². The van der Waals surface area contributed by atoms with Gasteiger partial charge in [0.1, 0.15) is 5.82 Å². The molecule has 134 valence electrons. The number of hydrogen-bond donors (Lipinski definition) is 0. The van der Waals surface area contributed by atoms with Crippen molar-refractivity contribution in [1.29, 1.82) is 0 Å². The minimum Gasteiger partial charge on any atom is -0.354 e. The summed E-state index contributed by atoms with van der Waals surface area (Å²) in [6, 6.07) is 11.0. The maximum atomic E-state index is 6.32. The number of halogens is 1. The van der Waals surface area contributed by atoms with Gasteiger partial charge in [0.15, 0.2) is 0 Å². The molecule has 0 aliphatic carbocycles. The van der Waals surface area contributed by atoms with Crippen molar-refractivity contribution in [3.8, 4) is 0 Å². The Morgan fingerprint density at radius 3 is 2.48 bits per heavy atom. The standard InChI is InChI=1S/C20H27ClN4/c1-2-23-10-8-17(9-11-23)24-12-14-25(15-13-24)19-7-6-16-4-3-5-18(21)20(16)22-19/h3-7,17H,2,8-15H2,1H3. The summed E-state index contributed by atoms with van der Waals surface area (Å²) in [4.78, 5) is 12.5. The van der Waals surface area contributed by atoms with E-state index in [2.05, 4.69) is 39.8 Å². The van der Waals surface area contributed by atoms with Crippen molar-refractivity contribution < 1.29 is 0 Å². The van der Waals surface area contributed by atoms with Crippen molar-refractivity contribution in [2.45, 2.75) is 25.8 Å². The molecule has 2 aliphatic heterocycles. The Bertz CT molecular complexity index is 719. The number of para-hydroxylation sites is 1. The van der Waals surface area contributed by atoms with Crippen molar-refractivity contribution >= 4 is 28.3 Å². The minimum absolute atomic E-state index is 0.737. The van der Waals surface area contributed by atoms with Gasteiger partial charge in [-0.15, -0.1) is 0 Å². The van der Waals surface area contributed by atoms with Crippen LogP contribution < -0.4 is 4.90 Å². The first-order valence-corrected chi connectivity index (χ1v) is 9.89. The summed E-state index contributed by atoms with van der Waals surface area (Å²) in [5, 5.41) is 1.85. The number of piperidine rings is 1. The van der Waals surface area contributed by atoms with Gasteiger partial charge in [0.05, 0.1) is 10.5 Å². The molecule has 2 aliphatic rings. The first kappa shape index (κ1) is 17.1. The number of aromatic nitrogens is 1. The number of nitrogens with zero attached hydrogens (tertiary/aromatic N) is 4. The predicted molar refractivity (Wildman–Crippen MR) is 106 cm³/mol. The first-order valence-electron chi connectivity index (χ1n) is 9.51. The van der Waals surface area contributed by atoms with Crippen molar-refractivity contribution in [3.63, 3.8) is 0 Å². The molecule has 0 radical (unpaired) electrons. The summed E-state index contributed by atoms with van der Waals surface area (Å²) in [5.74, 6) is 1.06. The second-order valence-electron chi connectivity index (χ2n) is 7.17. The monoisotopic (exact) mass is 358 g/mol. The highest BCUT2D eigenvalue weighted by atomic mass is 35.5.